The number of hydrogen-bond acceptors (Lipinski definition) is 4. The standard InChI is InChI=1S/C15H23N3O2/c1-4-16-12-7-5-8-14(15(12)18(19)20)17-10-6-9-13(17)11(2)3/h5,7-8,11,13,16H,4,6,9-10H2,1-3H3. The zero-order valence-electron chi connectivity index (χ0n) is 12.4. The second-order valence-electron chi connectivity index (χ2n) is 5.61. The summed E-state index contributed by atoms with van der Waals surface area (Å²) >= 11 is 0. The van der Waals surface area contributed by atoms with Crippen LogP contribution in [0.5, 0.6) is 0 Å². The molecule has 1 fully saturated rings. The zero-order chi connectivity index (χ0) is 14.7. The number of rotatable bonds is 5. The van der Waals surface area contributed by atoms with Gasteiger partial charge in [-0.2, -0.15) is 0 Å². The Labute approximate surface area is 120 Å². The van der Waals surface area contributed by atoms with E-state index in [4.69, 9.17) is 0 Å². The van der Waals surface area contributed by atoms with Crippen LogP contribution in [-0.2, 0) is 0 Å². The van der Waals surface area contributed by atoms with Crippen molar-refractivity contribution in [2.75, 3.05) is 23.3 Å². The molecule has 0 radical (unpaired) electrons. The van der Waals surface area contributed by atoms with Crippen LogP contribution in [0.1, 0.15) is 33.6 Å². The summed E-state index contributed by atoms with van der Waals surface area (Å²) in [5.74, 6) is 0.500. The minimum absolute atomic E-state index is 0.210. The van der Waals surface area contributed by atoms with Gasteiger partial charge >= 0.3 is 5.69 Å². The first-order valence-corrected chi connectivity index (χ1v) is 7.34. The number of nitrogens with one attached hydrogen (secondary N) is 1. The average molecular weight is 277 g/mol. The van der Waals surface area contributed by atoms with E-state index in [0.717, 1.165) is 25.1 Å². The van der Waals surface area contributed by atoms with Crippen LogP contribution in [0.2, 0.25) is 0 Å². The summed E-state index contributed by atoms with van der Waals surface area (Å²) in [6, 6.07) is 5.95. The fraction of sp³-hybridized carbons (Fsp3) is 0.600. The van der Waals surface area contributed by atoms with E-state index in [1.54, 1.807) is 6.07 Å². The van der Waals surface area contributed by atoms with Gasteiger partial charge in [0.15, 0.2) is 0 Å². The van der Waals surface area contributed by atoms with E-state index in [1.807, 2.05) is 19.1 Å². The van der Waals surface area contributed by atoms with Gasteiger partial charge in [-0.15, -0.1) is 0 Å². The van der Waals surface area contributed by atoms with Gasteiger partial charge in [0.05, 0.1) is 4.92 Å². The predicted octanol–water partition coefficient (Wildman–Crippen LogP) is 3.65. The van der Waals surface area contributed by atoms with Gasteiger partial charge in [-0.25, -0.2) is 0 Å². The van der Waals surface area contributed by atoms with E-state index in [9.17, 15) is 10.1 Å². The Morgan fingerprint density at radius 3 is 2.85 bits per heavy atom. The minimum Gasteiger partial charge on any atom is -0.380 e. The van der Waals surface area contributed by atoms with Gasteiger partial charge in [-0.1, -0.05) is 19.9 Å². The van der Waals surface area contributed by atoms with Gasteiger partial charge in [0.25, 0.3) is 0 Å². The summed E-state index contributed by atoms with van der Waals surface area (Å²) in [4.78, 5) is 13.4. The Kier molecular flexibility index (Phi) is 4.47. The summed E-state index contributed by atoms with van der Waals surface area (Å²) < 4.78 is 0. The Balaban J connectivity index is 2.45. The van der Waals surface area contributed by atoms with Crippen LogP contribution in [0.4, 0.5) is 17.1 Å². The van der Waals surface area contributed by atoms with Crippen LogP contribution in [0, 0.1) is 16.0 Å². The highest BCUT2D eigenvalue weighted by Gasteiger charge is 2.32. The molecule has 110 valence electrons. The van der Waals surface area contributed by atoms with Gasteiger partial charge in [0.1, 0.15) is 11.4 Å². The largest absolute Gasteiger partial charge is 0.380 e. The molecule has 1 unspecified atom stereocenters. The highest BCUT2D eigenvalue weighted by molar-refractivity contribution is 5.77. The molecule has 0 saturated carbocycles. The van der Waals surface area contributed by atoms with Crippen LogP contribution >= 0.6 is 0 Å². The van der Waals surface area contributed by atoms with Gasteiger partial charge in [0, 0.05) is 19.1 Å². The third kappa shape index (κ3) is 2.71. The van der Waals surface area contributed by atoms with Crippen molar-refractivity contribution in [2.45, 2.75) is 39.7 Å². The zero-order valence-corrected chi connectivity index (χ0v) is 12.4. The van der Waals surface area contributed by atoms with Crippen molar-refractivity contribution >= 4 is 17.1 Å². The fourth-order valence-electron chi connectivity index (χ4n) is 3.07. The molecule has 1 aromatic rings. The third-order valence-electron chi connectivity index (χ3n) is 3.94. The van der Waals surface area contributed by atoms with E-state index in [-0.39, 0.29) is 10.6 Å². The minimum atomic E-state index is -0.261. The fourth-order valence-corrected chi connectivity index (χ4v) is 3.07. The van der Waals surface area contributed by atoms with Crippen molar-refractivity contribution in [3.8, 4) is 0 Å². The van der Waals surface area contributed by atoms with Gasteiger partial charge in [-0.05, 0) is 37.8 Å². The molecule has 0 amide bonds. The summed E-state index contributed by atoms with van der Waals surface area (Å²) in [7, 11) is 0. The van der Waals surface area contributed by atoms with Gasteiger partial charge in [-0.3, -0.25) is 10.1 Å². The molecule has 1 aliphatic heterocycles. The number of para-hydroxylation sites is 1. The lowest BCUT2D eigenvalue weighted by atomic mass is 10.0. The molecule has 1 N–H and O–H groups in total. The van der Waals surface area contributed by atoms with Crippen LogP contribution in [0.15, 0.2) is 18.2 Å². The molecule has 0 bridgehead atoms. The van der Waals surface area contributed by atoms with E-state index in [1.165, 1.54) is 0 Å². The van der Waals surface area contributed by atoms with Crippen molar-refractivity contribution in [3.63, 3.8) is 0 Å². The first-order valence-electron chi connectivity index (χ1n) is 7.34. The molecule has 5 nitrogen and oxygen atoms in total. The summed E-state index contributed by atoms with van der Waals surface area (Å²) in [6.45, 7) is 7.90. The number of nitro benzene ring substituents is 1. The Morgan fingerprint density at radius 2 is 2.25 bits per heavy atom. The highest BCUT2D eigenvalue weighted by Crippen LogP contribution is 2.40. The van der Waals surface area contributed by atoms with Crippen molar-refractivity contribution in [3.05, 3.63) is 28.3 Å². The van der Waals surface area contributed by atoms with Gasteiger partial charge in [0.2, 0.25) is 0 Å². The van der Waals surface area contributed by atoms with Crippen molar-refractivity contribution in [1.29, 1.82) is 0 Å². The molecule has 1 heterocycles. The molecular weight excluding hydrogens is 254 g/mol. The van der Waals surface area contributed by atoms with E-state index >= 15 is 0 Å². The topological polar surface area (TPSA) is 58.4 Å². The number of anilines is 2. The van der Waals surface area contributed by atoms with Crippen LogP contribution in [-0.4, -0.2) is 24.1 Å². The normalized spacial score (nSPS) is 18.6. The van der Waals surface area contributed by atoms with Crippen LogP contribution in [0.25, 0.3) is 0 Å². The Morgan fingerprint density at radius 1 is 1.50 bits per heavy atom. The molecule has 1 atom stereocenters. The highest BCUT2D eigenvalue weighted by atomic mass is 16.6. The lowest BCUT2D eigenvalue weighted by molar-refractivity contribution is -0.383. The number of nitrogens with zero attached hydrogens (tertiary/aromatic N) is 2. The second-order valence-corrected chi connectivity index (χ2v) is 5.61. The average Bonchev–Trinajstić information content (AvgIpc) is 2.87. The number of hydrogen-bond donors (Lipinski definition) is 1. The summed E-state index contributed by atoms with van der Waals surface area (Å²) in [5, 5.41) is 14.6. The maximum atomic E-state index is 11.5. The van der Waals surface area contributed by atoms with Crippen LogP contribution in [0.3, 0.4) is 0 Å². The van der Waals surface area contributed by atoms with Crippen molar-refractivity contribution in [1.82, 2.24) is 0 Å². The molecule has 1 aromatic carbocycles. The third-order valence-corrected chi connectivity index (χ3v) is 3.94. The number of benzene rings is 1. The first kappa shape index (κ1) is 14.6. The Hall–Kier alpha value is -1.78. The molecule has 0 aliphatic carbocycles. The molecule has 1 aliphatic rings. The van der Waals surface area contributed by atoms with E-state index in [2.05, 4.69) is 24.1 Å². The molecular formula is C15H23N3O2. The molecule has 20 heavy (non-hydrogen) atoms. The lowest BCUT2D eigenvalue weighted by Crippen LogP contribution is -2.33. The quantitative estimate of drug-likeness (QED) is 0.659. The molecule has 0 aromatic heterocycles. The maximum Gasteiger partial charge on any atom is 0.315 e. The number of nitro groups is 1. The smallest absolute Gasteiger partial charge is 0.315 e. The van der Waals surface area contributed by atoms with Crippen LogP contribution < -0.4 is 10.2 Å². The lowest BCUT2D eigenvalue weighted by Gasteiger charge is -2.29. The SMILES string of the molecule is CCNc1cccc(N2CCCC2C(C)C)c1[N+](=O)[O-]. The Bertz CT molecular complexity index is 488. The molecule has 2 rings (SSSR count). The monoisotopic (exact) mass is 277 g/mol. The van der Waals surface area contributed by atoms with E-state index < -0.39 is 0 Å². The molecule has 5 heteroatoms. The van der Waals surface area contributed by atoms with Crippen molar-refractivity contribution < 1.29 is 4.92 Å². The molecule has 1 saturated heterocycles. The van der Waals surface area contributed by atoms with Crippen molar-refractivity contribution in [2.24, 2.45) is 5.92 Å². The summed E-state index contributed by atoms with van der Waals surface area (Å²) in [5.41, 5.74) is 1.58. The van der Waals surface area contributed by atoms with E-state index in [0.29, 0.717) is 24.2 Å². The summed E-state index contributed by atoms with van der Waals surface area (Å²) in [6.07, 6.45) is 2.21. The maximum absolute atomic E-state index is 11.5. The van der Waals surface area contributed by atoms with Gasteiger partial charge < -0.3 is 10.2 Å². The predicted molar refractivity (Wildman–Crippen MR) is 82.5 cm³/mol. The molecule has 0 spiro atoms. The second kappa shape index (κ2) is 6.11. The first-order chi connectivity index (χ1) is 9.56.